The van der Waals surface area contributed by atoms with Gasteiger partial charge in [-0.2, -0.15) is 0 Å². The van der Waals surface area contributed by atoms with Gasteiger partial charge < -0.3 is 15.5 Å². The van der Waals surface area contributed by atoms with E-state index in [1.165, 1.54) is 0 Å². The average Bonchev–Trinajstić information content (AvgIpc) is 2.38. The lowest BCUT2D eigenvalue weighted by molar-refractivity contribution is -0.147. The van der Waals surface area contributed by atoms with Crippen LogP contribution in [0.15, 0.2) is 12.2 Å². The van der Waals surface area contributed by atoms with Gasteiger partial charge in [0.25, 0.3) is 0 Å². The van der Waals surface area contributed by atoms with Gasteiger partial charge in [-0.25, -0.2) is 0 Å². The molecule has 1 aliphatic carbocycles. The summed E-state index contributed by atoms with van der Waals surface area (Å²) in [7, 11) is 0. The fraction of sp³-hybridized carbons (Fsp3) is 0.692. The number of nitrogens with one attached hydrogen (secondary N) is 1. The maximum atomic E-state index is 11.9. The molecule has 1 amide bonds. The Hall–Kier alpha value is -1.36. The molecular formula is C13H21NO4. The standard InChI is InChI=1S/C13H21NO4/c1-2-9(15)7-8-14-12(16)10-5-3-4-6-11(10)13(17)18/h3-4,9-11,15H,2,5-8H2,1H3,(H,14,16)(H,17,18)/t9?,10-,11+/m1/s1. The number of aliphatic hydroxyl groups is 1. The van der Waals surface area contributed by atoms with Gasteiger partial charge in [0.05, 0.1) is 17.9 Å². The Bertz CT molecular complexity index is 327. The molecule has 0 saturated heterocycles. The molecule has 0 radical (unpaired) electrons. The summed E-state index contributed by atoms with van der Waals surface area (Å²) < 4.78 is 0. The van der Waals surface area contributed by atoms with E-state index in [9.17, 15) is 14.7 Å². The van der Waals surface area contributed by atoms with Crippen molar-refractivity contribution in [1.29, 1.82) is 0 Å². The SMILES string of the molecule is CCC(O)CCNC(=O)[C@@H]1CC=CC[C@@H]1C(=O)O. The van der Waals surface area contributed by atoms with Gasteiger partial charge in [0.2, 0.25) is 5.91 Å². The molecule has 0 fully saturated rings. The Balaban J connectivity index is 2.44. The number of hydrogen-bond donors (Lipinski definition) is 3. The Morgan fingerprint density at radius 2 is 1.94 bits per heavy atom. The van der Waals surface area contributed by atoms with Crippen LogP contribution in [0.2, 0.25) is 0 Å². The van der Waals surface area contributed by atoms with E-state index >= 15 is 0 Å². The molecule has 1 aliphatic rings. The number of aliphatic hydroxyl groups excluding tert-OH is 1. The van der Waals surface area contributed by atoms with Gasteiger partial charge in [-0.1, -0.05) is 19.1 Å². The van der Waals surface area contributed by atoms with Crippen molar-refractivity contribution in [2.45, 2.75) is 38.7 Å². The summed E-state index contributed by atoms with van der Waals surface area (Å²) in [5, 5.41) is 21.1. The third kappa shape index (κ3) is 4.14. The quantitative estimate of drug-likeness (QED) is 0.616. The summed E-state index contributed by atoms with van der Waals surface area (Å²) in [4.78, 5) is 22.9. The molecule has 18 heavy (non-hydrogen) atoms. The number of carbonyl (C=O) groups is 2. The summed E-state index contributed by atoms with van der Waals surface area (Å²) in [5.41, 5.74) is 0. The van der Waals surface area contributed by atoms with Gasteiger partial charge in [-0.15, -0.1) is 0 Å². The molecule has 3 N–H and O–H groups in total. The van der Waals surface area contributed by atoms with Crippen LogP contribution in [0, 0.1) is 11.8 Å². The number of amides is 1. The summed E-state index contributed by atoms with van der Waals surface area (Å²) in [6.07, 6.45) is 5.28. The minimum atomic E-state index is -0.923. The van der Waals surface area contributed by atoms with E-state index in [-0.39, 0.29) is 5.91 Å². The highest BCUT2D eigenvalue weighted by Gasteiger charge is 2.33. The van der Waals surface area contributed by atoms with Crippen LogP contribution in [-0.2, 0) is 9.59 Å². The third-order valence-corrected chi connectivity index (χ3v) is 3.33. The lowest BCUT2D eigenvalue weighted by Crippen LogP contribution is -2.39. The average molecular weight is 255 g/mol. The van der Waals surface area contributed by atoms with Gasteiger partial charge in [0.15, 0.2) is 0 Å². The second kappa shape index (κ2) is 7.16. The number of hydrogen-bond acceptors (Lipinski definition) is 3. The Kier molecular flexibility index (Phi) is 5.85. The van der Waals surface area contributed by atoms with Crippen molar-refractivity contribution in [3.8, 4) is 0 Å². The Morgan fingerprint density at radius 1 is 1.33 bits per heavy atom. The summed E-state index contributed by atoms with van der Waals surface area (Å²) in [6.45, 7) is 2.26. The van der Waals surface area contributed by atoms with Crippen molar-refractivity contribution in [2.75, 3.05) is 6.54 Å². The number of carboxylic acids is 1. The van der Waals surface area contributed by atoms with Gasteiger partial charge in [-0.05, 0) is 25.7 Å². The summed E-state index contributed by atoms with van der Waals surface area (Å²) >= 11 is 0. The van der Waals surface area contributed by atoms with E-state index in [0.29, 0.717) is 32.2 Å². The first-order chi connectivity index (χ1) is 8.56. The molecule has 3 atom stereocenters. The molecule has 0 saturated carbocycles. The largest absolute Gasteiger partial charge is 0.481 e. The molecule has 5 heteroatoms. The van der Waals surface area contributed by atoms with E-state index in [0.717, 1.165) is 0 Å². The zero-order valence-electron chi connectivity index (χ0n) is 10.6. The van der Waals surface area contributed by atoms with E-state index < -0.39 is 23.9 Å². The molecule has 1 rings (SSSR count). The maximum Gasteiger partial charge on any atom is 0.307 e. The van der Waals surface area contributed by atoms with E-state index in [4.69, 9.17) is 5.11 Å². The lowest BCUT2D eigenvalue weighted by atomic mass is 9.82. The van der Waals surface area contributed by atoms with Crippen LogP contribution in [0.3, 0.4) is 0 Å². The van der Waals surface area contributed by atoms with Crippen LogP contribution in [-0.4, -0.2) is 34.7 Å². The molecule has 0 aliphatic heterocycles. The maximum absolute atomic E-state index is 11.9. The third-order valence-electron chi connectivity index (χ3n) is 3.33. The normalized spacial score (nSPS) is 24.6. The molecule has 0 aromatic rings. The number of aliphatic carboxylic acids is 1. The van der Waals surface area contributed by atoms with Gasteiger partial charge in [-0.3, -0.25) is 9.59 Å². The van der Waals surface area contributed by atoms with E-state index in [1.807, 2.05) is 19.1 Å². The smallest absolute Gasteiger partial charge is 0.307 e. The predicted octanol–water partition coefficient (Wildman–Crippen LogP) is 0.931. The van der Waals surface area contributed by atoms with Gasteiger partial charge in [0, 0.05) is 6.54 Å². The molecule has 0 aromatic heterocycles. The van der Waals surface area contributed by atoms with Crippen molar-refractivity contribution >= 4 is 11.9 Å². The first-order valence-electron chi connectivity index (χ1n) is 6.39. The van der Waals surface area contributed by atoms with Crippen LogP contribution in [0.1, 0.15) is 32.6 Å². The fourth-order valence-corrected chi connectivity index (χ4v) is 2.07. The Morgan fingerprint density at radius 3 is 2.50 bits per heavy atom. The second-order valence-corrected chi connectivity index (χ2v) is 4.64. The highest BCUT2D eigenvalue weighted by Crippen LogP contribution is 2.25. The van der Waals surface area contributed by atoms with Crippen LogP contribution < -0.4 is 5.32 Å². The minimum absolute atomic E-state index is 0.227. The van der Waals surface area contributed by atoms with Crippen molar-refractivity contribution in [1.82, 2.24) is 5.32 Å². The fourth-order valence-electron chi connectivity index (χ4n) is 2.07. The molecule has 0 aromatic carbocycles. The topological polar surface area (TPSA) is 86.6 Å². The zero-order chi connectivity index (χ0) is 13.5. The zero-order valence-corrected chi connectivity index (χ0v) is 10.6. The highest BCUT2D eigenvalue weighted by atomic mass is 16.4. The molecule has 0 heterocycles. The summed E-state index contributed by atoms with van der Waals surface area (Å²) in [6, 6.07) is 0. The number of rotatable bonds is 6. The first-order valence-corrected chi connectivity index (χ1v) is 6.39. The molecule has 102 valence electrons. The molecular weight excluding hydrogens is 234 g/mol. The second-order valence-electron chi connectivity index (χ2n) is 4.64. The minimum Gasteiger partial charge on any atom is -0.481 e. The number of allylic oxidation sites excluding steroid dienone is 2. The molecule has 1 unspecified atom stereocenters. The van der Waals surface area contributed by atoms with Crippen molar-refractivity contribution < 1.29 is 19.8 Å². The summed E-state index contributed by atoms with van der Waals surface area (Å²) in [5.74, 6) is -2.28. The first kappa shape index (κ1) is 14.7. The van der Waals surface area contributed by atoms with Crippen molar-refractivity contribution in [3.63, 3.8) is 0 Å². The van der Waals surface area contributed by atoms with Crippen LogP contribution in [0.4, 0.5) is 0 Å². The van der Waals surface area contributed by atoms with E-state index in [1.54, 1.807) is 0 Å². The van der Waals surface area contributed by atoms with Gasteiger partial charge >= 0.3 is 5.97 Å². The molecule has 5 nitrogen and oxygen atoms in total. The van der Waals surface area contributed by atoms with Crippen LogP contribution in [0.25, 0.3) is 0 Å². The monoisotopic (exact) mass is 255 g/mol. The van der Waals surface area contributed by atoms with Crippen LogP contribution in [0.5, 0.6) is 0 Å². The van der Waals surface area contributed by atoms with Crippen molar-refractivity contribution in [3.05, 3.63) is 12.2 Å². The van der Waals surface area contributed by atoms with Crippen LogP contribution >= 0.6 is 0 Å². The number of carbonyl (C=O) groups excluding carboxylic acids is 1. The number of carboxylic acid groups (broad SMARTS) is 1. The van der Waals surface area contributed by atoms with E-state index in [2.05, 4.69) is 5.32 Å². The van der Waals surface area contributed by atoms with Gasteiger partial charge in [0.1, 0.15) is 0 Å². The van der Waals surface area contributed by atoms with Crippen molar-refractivity contribution in [2.24, 2.45) is 11.8 Å². The Labute approximate surface area is 107 Å². The lowest BCUT2D eigenvalue weighted by Gasteiger charge is -2.24. The predicted molar refractivity (Wildman–Crippen MR) is 66.9 cm³/mol. The highest BCUT2D eigenvalue weighted by molar-refractivity contribution is 5.85. The molecule has 0 bridgehead atoms. The molecule has 0 spiro atoms.